The van der Waals surface area contributed by atoms with E-state index >= 15 is 4.39 Å². The topological polar surface area (TPSA) is 89.4 Å². The van der Waals surface area contributed by atoms with Gasteiger partial charge in [-0.05, 0) is 48.9 Å². The van der Waals surface area contributed by atoms with Crippen LogP contribution in [0.5, 0.6) is 0 Å². The molecule has 3 heterocycles. The van der Waals surface area contributed by atoms with Crippen LogP contribution in [0.2, 0.25) is 0 Å². The number of nitrogens with two attached hydrogens (primary N) is 1. The summed E-state index contributed by atoms with van der Waals surface area (Å²) in [5.74, 6) is 0.0753. The van der Waals surface area contributed by atoms with Gasteiger partial charge in [0, 0.05) is 18.2 Å². The van der Waals surface area contributed by atoms with Crippen molar-refractivity contribution < 1.29 is 9.18 Å². The second-order valence-electron chi connectivity index (χ2n) is 9.22. The molecule has 0 aliphatic heterocycles. The molecular formula is C24H19FN6OS. The third kappa shape index (κ3) is 2.65. The molecule has 3 aromatic heterocycles. The molecule has 164 valence electrons. The highest BCUT2D eigenvalue weighted by molar-refractivity contribution is 7.16. The standard InChI is InChI=1S/C24H19FN6OS/c25-16-5-18-19(30-11-27-9-20(30)22(26)29-18)4-15(16)23(32)31(24-6-14(7-24)8-24)10-13-1-2-17-21(3-13)33-12-28-17/h1-5,9,11-12,14H,6-8,10H2,(H2,26,29). The number of hydrogen-bond acceptors (Lipinski definition) is 6. The number of carbonyl (C=O) groups is 1. The van der Waals surface area contributed by atoms with E-state index in [1.807, 2.05) is 22.5 Å². The predicted molar refractivity (Wildman–Crippen MR) is 124 cm³/mol. The molecule has 0 saturated heterocycles. The molecule has 8 rings (SSSR count). The molecule has 1 amide bonds. The van der Waals surface area contributed by atoms with E-state index in [1.54, 1.807) is 34.3 Å². The molecule has 9 heteroatoms. The third-order valence-electron chi connectivity index (χ3n) is 7.26. The number of amides is 1. The summed E-state index contributed by atoms with van der Waals surface area (Å²) >= 11 is 1.58. The first-order valence-electron chi connectivity index (χ1n) is 10.9. The lowest BCUT2D eigenvalue weighted by molar-refractivity contribution is -0.127. The summed E-state index contributed by atoms with van der Waals surface area (Å²) in [5, 5.41) is 0. The lowest BCUT2D eigenvalue weighted by atomic mass is 9.49. The Bertz CT molecular complexity index is 1590. The number of thiazole rings is 1. The number of rotatable bonds is 4. The fraction of sp³-hybridized carbons (Fsp3) is 0.250. The Balaban J connectivity index is 1.33. The van der Waals surface area contributed by atoms with Crippen molar-refractivity contribution in [2.45, 2.75) is 31.3 Å². The average molecular weight is 459 g/mol. The molecule has 0 unspecified atom stereocenters. The van der Waals surface area contributed by atoms with Gasteiger partial charge in [-0.15, -0.1) is 11.3 Å². The van der Waals surface area contributed by atoms with Crippen molar-refractivity contribution in [1.82, 2.24) is 24.3 Å². The van der Waals surface area contributed by atoms with Crippen molar-refractivity contribution in [2.75, 3.05) is 5.73 Å². The van der Waals surface area contributed by atoms with E-state index in [2.05, 4.69) is 21.0 Å². The molecule has 5 aromatic rings. The maximum Gasteiger partial charge on any atom is 0.257 e. The Morgan fingerprint density at radius 1 is 1.21 bits per heavy atom. The number of benzene rings is 2. The lowest BCUT2D eigenvalue weighted by Gasteiger charge is -2.66. The minimum Gasteiger partial charge on any atom is -0.382 e. The molecule has 33 heavy (non-hydrogen) atoms. The first kappa shape index (κ1) is 18.9. The molecule has 3 fully saturated rings. The zero-order valence-electron chi connectivity index (χ0n) is 17.5. The van der Waals surface area contributed by atoms with Gasteiger partial charge in [0.2, 0.25) is 0 Å². The van der Waals surface area contributed by atoms with Crippen LogP contribution < -0.4 is 5.73 Å². The second kappa shape index (κ2) is 6.48. The second-order valence-corrected chi connectivity index (χ2v) is 10.1. The smallest absolute Gasteiger partial charge is 0.257 e. The number of nitrogens with zero attached hydrogens (tertiary/aromatic N) is 5. The number of imidazole rings is 1. The van der Waals surface area contributed by atoms with Gasteiger partial charge >= 0.3 is 0 Å². The van der Waals surface area contributed by atoms with E-state index in [0.717, 1.165) is 35.0 Å². The Morgan fingerprint density at radius 2 is 2.06 bits per heavy atom. The molecule has 0 radical (unpaired) electrons. The maximum absolute atomic E-state index is 15.3. The van der Waals surface area contributed by atoms with Gasteiger partial charge in [-0.3, -0.25) is 9.20 Å². The van der Waals surface area contributed by atoms with E-state index in [1.165, 1.54) is 6.07 Å². The Kier molecular flexibility index (Phi) is 3.72. The average Bonchev–Trinajstić information content (AvgIpc) is 3.40. The van der Waals surface area contributed by atoms with Gasteiger partial charge in [-0.25, -0.2) is 19.3 Å². The van der Waals surface area contributed by atoms with Crippen LogP contribution >= 0.6 is 11.3 Å². The van der Waals surface area contributed by atoms with E-state index < -0.39 is 5.82 Å². The third-order valence-corrected chi connectivity index (χ3v) is 8.05. The number of carbonyl (C=O) groups excluding carboxylic acids is 1. The number of fused-ring (bicyclic) bond motifs is 4. The molecule has 2 aromatic carbocycles. The van der Waals surface area contributed by atoms with Crippen LogP contribution in [-0.4, -0.2) is 35.7 Å². The van der Waals surface area contributed by atoms with Crippen molar-refractivity contribution in [3.8, 4) is 0 Å². The molecule has 2 bridgehead atoms. The molecule has 2 N–H and O–H groups in total. The monoisotopic (exact) mass is 458 g/mol. The van der Waals surface area contributed by atoms with Gasteiger partial charge in [-0.2, -0.15) is 0 Å². The molecule has 7 nitrogen and oxygen atoms in total. The number of anilines is 1. The van der Waals surface area contributed by atoms with Crippen LogP contribution in [-0.2, 0) is 6.54 Å². The van der Waals surface area contributed by atoms with Gasteiger partial charge < -0.3 is 10.6 Å². The SMILES string of the molecule is Nc1nc2cc(F)c(C(=O)N(Cc3ccc4ncsc4c3)C34CC(C3)C4)cc2n2cncc12. The molecular weight excluding hydrogens is 439 g/mol. The summed E-state index contributed by atoms with van der Waals surface area (Å²) < 4.78 is 18.1. The van der Waals surface area contributed by atoms with Crippen molar-refractivity contribution >= 4 is 49.8 Å². The molecule has 3 saturated carbocycles. The van der Waals surface area contributed by atoms with E-state index in [0.29, 0.717) is 29.0 Å². The van der Waals surface area contributed by atoms with Gasteiger partial charge in [0.05, 0.1) is 44.8 Å². The summed E-state index contributed by atoms with van der Waals surface area (Å²) in [6, 6.07) is 8.94. The van der Waals surface area contributed by atoms with Gasteiger partial charge in [0.25, 0.3) is 5.91 Å². The fourth-order valence-electron chi connectivity index (χ4n) is 5.41. The highest BCUT2D eigenvalue weighted by Crippen LogP contribution is 2.61. The van der Waals surface area contributed by atoms with Crippen LogP contribution in [0.25, 0.3) is 26.8 Å². The molecule has 0 spiro atoms. The Labute approximate surface area is 191 Å². The first-order valence-corrected chi connectivity index (χ1v) is 11.7. The van der Waals surface area contributed by atoms with E-state index in [-0.39, 0.29) is 22.8 Å². The van der Waals surface area contributed by atoms with Crippen molar-refractivity contribution in [1.29, 1.82) is 0 Å². The number of aromatic nitrogens is 4. The highest BCUT2D eigenvalue weighted by Gasteiger charge is 2.61. The number of hydrogen-bond donors (Lipinski definition) is 1. The van der Waals surface area contributed by atoms with Crippen LogP contribution in [0, 0.1) is 11.7 Å². The van der Waals surface area contributed by atoms with Crippen molar-refractivity contribution in [3.63, 3.8) is 0 Å². The minimum atomic E-state index is -0.589. The van der Waals surface area contributed by atoms with Gasteiger partial charge in [-0.1, -0.05) is 6.07 Å². The highest BCUT2D eigenvalue weighted by atomic mass is 32.1. The fourth-order valence-corrected chi connectivity index (χ4v) is 6.15. The molecule has 0 atom stereocenters. The quantitative estimate of drug-likeness (QED) is 0.431. The predicted octanol–water partition coefficient (Wildman–Crippen LogP) is 4.41. The molecule has 3 aliphatic rings. The largest absolute Gasteiger partial charge is 0.382 e. The van der Waals surface area contributed by atoms with Crippen LogP contribution in [0.4, 0.5) is 10.2 Å². The summed E-state index contributed by atoms with van der Waals surface area (Å²) in [6.07, 6.45) is 6.17. The van der Waals surface area contributed by atoms with E-state index in [9.17, 15) is 4.79 Å². The van der Waals surface area contributed by atoms with Crippen molar-refractivity contribution in [3.05, 3.63) is 65.3 Å². The lowest BCUT2D eigenvalue weighted by Crippen LogP contribution is -2.69. The zero-order chi connectivity index (χ0) is 22.3. The molecule has 3 aliphatic carbocycles. The number of halogens is 1. The first-order chi connectivity index (χ1) is 16.0. The van der Waals surface area contributed by atoms with Crippen molar-refractivity contribution in [2.24, 2.45) is 5.92 Å². The van der Waals surface area contributed by atoms with Gasteiger partial charge in [0.1, 0.15) is 17.2 Å². The summed E-state index contributed by atoms with van der Waals surface area (Å²) in [6.45, 7) is 0.442. The maximum atomic E-state index is 15.3. The summed E-state index contributed by atoms with van der Waals surface area (Å²) in [5.41, 5.74) is 11.3. The Hall–Kier alpha value is -3.59. The number of nitrogen functional groups attached to an aromatic ring is 1. The summed E-state index contributed by atoms with van der Waals surface area (Å²) in [7, 11) is 0. The van der Waals surface area contributed by atoms with Crippen LogP contribution in [0.1, 0.15) is 35.2 Å². The zero-order valence-corrected chi connectivity index (χ0v) is 18.3. The Morgan fingerprint density at radius 3 is 2.85 bits per heavy atom. The minimum absolute atomic E-state index is 0.0488. The van der Waals surface area contributed by atoms with Crippen LogP contribution in [0.3, 0.4) is 0 Å². The summed E-state index contributed by atoms with van der Waals surface area (Å²) in [4.78, 5) is 28.5. The van der Waals surface area contributed by atoms with Gasteiger partial charge in [0.15, 0.2) is 0 Å². The van der Waals surface area contributed by atoms with E-state index in [4.69, 9.17) is 5.73 Å². The van der Waals surface area contributed by atoms with Crippen LogP contribution in [0.15, 0.2) is 48.4 Å². The normalized spacial score (nSPS) is 21.3.